The molecule has 0 bridgehead atoms. The first-order valence-electron chi connectivity index (χ1n) is 6.93. The van der Waals surface area contributed by atoms with Crippen molar-refractivity contribution in [3.05, 3.63) is 35.9 Å². The molecular weight excluding hydrogens is 208 g/mol. The van der Waals surface area contributed by atoms with E-state index in [2.05, 4.69) is 41.0 Å². The van der Waals surface area contributed by atoms with Crippen LogP contribution in [0, 0.1) is 0 Å². The van der Waals surface area contributed by atoms with Crippen molar-refractivity contribution >= 4 is 0 Å². The summed E-state index contributed by atoms with van der Waals surface area (Å²) in [6.07, 6.45) is 6.50. The molecule has 1 fully saturated rings. The van der Waals surface area contributed by atoms with Crippen LogP contribution >= 0.6 is 0 Å². The van der Waals surface area contributed by atoms with E-state index in [-0.39, 0.29) is 0 Å². The maximum Gasteiger partial charge on any atom is 0.0192 e. The summed E-state index contributed by atoms with van der Waals surface area (Å²) >= 11 is 0. The van der Waals surface area contributed by atoms with Crippen molar-refractivity contribution in [1.82, 2.24) is 10.6 Å². The minimum Gasteiger partial charge on any atom is -0.315 e. The predicted octanol–water partition coefficient (Wildman–Crippen LogP) is 2.35. The van der Waals surface area contributed by atoms with Gasteiger partial charge in [-0.3, -0.25) is 0 Å². The second-order valence-electron chi connectivity index (χ2n) is 4.94. The maximum absolute atomic E-state index is 3.57. The monoisotopic (exact) mass is 232 g/mol. The zero-order valence-electron chi connectivity index (χ0n) is 10.6. The summed E-state index contributed by atoms with van der Waals surface area (Å²) in [5, 5.41) is 7.13. The van der Waals surface area contributed by atoms with Crippen LogP contribution in [0.5, 0.6) is 0 Å². The molecule has 0 radical (unpaired) electrons. The highest BCUT2D eigenvalue weighted by atomic mass is 15.0. The van der Waals surface area contributed by atoms with Crippen LogP contribution in [-0.4, -0.2) is 25.7 Å². The molecule has 0 aromatic heterocycles. The van der Waals surface area contributed by atoms with Crippen molar-refractivity contribution < 1.29 is 0 Å². The predicted molar refractivity (Wildman–Crippen MR) is 73.3 cm³/mol. The maximum atomic E-state index is 3.57. The molecular formula is C15H24N2. The highest BCUT2D eigenvalue weighted by Crippen LogP contribution is 2.06. The molecule has 1 unspecified atom stereocenters. The normalized spacial score (nSPS) is 20.4. The van der Waals surface area contributed by atoms with Crippen molar-refractivity contribution in [3.63, 3.8) is 0 Å². The van der Waals surface area contributed by atoms with Gasteiger partial charge in [-0.05, 0) is 44.3 Å². The van der Waals surface area contributed by atoms with Crippen LogP contribution in [0.4, 0.5) is 0 Å². The first-order valence-corrected chi connectivity index (χ1v) is 6.93. The highest BCUT2D eigenvalue weighted by Gasteiger charge is 2.10. The Bertz CT molecular complexity index is 291. The second kappa shape index (κ2) is 7.46. The van der Waals surface area contributed by atoms with E-state index in [1.54, 1.807) is 0 Å². The van der Waals surface area contributed by atoms with Gasteiger partial charge in [0.05, 0.1) is 0 Å². The summed E-state index contributed by atoms with van der Waals surface area (Å²) < 4.78 is 0. The number of nitrogens with one attached hydrogen (secondary N) is 2. The minimum absolute atomic E-state index is 0.709. The Kier molecular flexibility index (Phi) is 5.53. The molecule has 17 heavy (non-hydrogen) atoms. The molecule has 1 atom stereocenters. The molecule has 0 saturated carbocycles. The van der Waals surface area contributed by atoms with Crippen LogP contribution in [0.2, 0.25) is 0 Å². The lowest BCUT2D eigenvalue weighted by Gasteiger charge is -2.23. The summed E-state index contributed by atoms with van der Waals surface area (Å²) in [5.41, 5.74) is 1.45. The average Bonchev–Trinajstić information content (AvgIpc) is 2.41. The van der Waals surface area contributed by atoms with Gasteiger partial charge in [-0.1, -0.05) is 36.8 Å². The number of hydrogen-bond acceptors (Lipinski definition) is 2. The van der Waals surface area contributed by atoms with Gasteiger partial charge in [0.1, 0.15) is 0 Å². The van der Waals surface area contributed by atoms with Crippen molar-refractivity contribution in [2.75, 3.05) is 19.6 Å². The van der Waals surface area contributed by atoms with Crippen LogP contribution < -0.4 is 10.6 Å². The molecule has 0 spiro atoms. The Labute approximate surface area is 105 Å². The SMILES string of the molecule is c1ccc(CCCNCC2CCCCN2)cc1. The van der Waals surface area contributed by atoms with E-state index in [1.807, 2.05) is 0 Å². The van der Waals surface area contributed by atoms with Gasteiger partial charge in [-0.25, -0.2) is 0 Å². The zero-order valence-corrected chi connectivity index (χ0v) is 10.6. The molecule has 0 amide bonds. The largest absolute Gasteiger partial charge is 0.315 e. The highest BCUT2D eigenvalue weighted by molar-refractivity contribution is 5.14. The molecule has 0 aliphatic carbocycles. The molecule has 2 nitrogen and oxygen atoms in total. The number of hydrogen-bond donors (Lipinski definition) is 2. The van der Waals surface area contributed by atoms with Crippen LogP contribution in [0.25, 0.3) is 0 Å². The number of piperidine rings is 1. The summed E-state index contributed by atoms with van der Waals surface area (Å²) in [6.45, 7) is 3.47. The molecule has 1 aliphatic heterocycles. The van der Waals surface area contributed by atoms with Gasteiger partial charge in [-0.2, -0.15) is 0 Å². The van der Waals surface area contributed by atoms with Gasteiger partial charge in [0.25, 0.3) is 0 Å². The Morgan fingerprint density at radius 3 is 2.82 bits per heavy atom. The topological polar surface area (TPSA) is 24.1 Å². The van der Waals surface area contributed by atoms with Gasteiger partial charge in [0.2, 0.25) is 0 Å². The molecule has 1 saturated heterocycles. The van der Waals surface area contributed by atoms with Gasteiger partial charge >= 0.3 is 0 Å². The van der Waals surface area contributed by atoms with E-state index >= 15 is 0 Å². The molecule has 2 N–H and O–H groups in total. The fraction of sp³-hybridized carbons (Fsp3) is 0.600. The molecule has 1 aromatic carbocycles. The van der Waals surface area contributed by atoms with Crippen LogP contribution in [-0.2, 0) is 6.42 Å². The third-order valence-electron chi connectivity index (χ3n) is 3.46. The van der Waals surface area contributed by atoms with E-state index in [9.17, 15) is 0 Å². The zero-order chi connectivity index (χ0) is 11.8. The van der Waals surface area contributed by atoms with Crippen LogP contribution in [0.15, 0.2) is 30.3 Å². The molecule has 2 rings (SSSR count). The lowest BCUT2D eigenvalue weighted by atomic mass is 10.1. The van der Waals surface area contributed by atoms with Crippen molar-refractivity contribution in [3.8, 4) is 0 Å². The lowest BCUT2D eigenvalue weighted by molar-refractivity contribution is 0.383. The number of rotatable bonds is 6. The third kappa shape index (κ3) is 4.88. The second-order valence-corrected chi connectivity index (χ2v) is 4.94. The summed E-state index contributed by atoms with van der Waals surface area (Å²) in [5.74, 6) is 0. The van der Waals surface area contributed by atoms with E-state index in [0.29, 0.717) is 6.04 Å². The molecule has 1 heterocycles. The first-order chi connectivity index (χ1) is 8.45. The average molecular weight is 232 g/mol. The Balaban J connectivity index is 1.51. The van der Waals surface area contributed by atoms with Gasteiger partial charge < -0.3 is 10.6 Å². The molecule has 1 aromatic rings. The summed E-state index contributed by atoms with van der Waals surface area (Å²) in [6, 6.07) is 11.5. The Morgan fingerprint density at radius 2 is 2.06 bits per heavy atom. The minimum atomic E-state index is 0.709. The Hall–Kier alpha value is -0.860. The van der Waals surface area contributed by atoms with Crippen molar-refractivity contribution in [2.45, 2.75) is 38.1 Å². The summed E-state index contributed by atoms with van der Waals surface area (Å²) in [4.78, 5) is 0. The first kappa shape index (κ1) is 12.6. The summed E-state index contributed by atoms with van der Waals surface area (Å²) in [7, 11) is 0. The fourth-order valence-electron chi connectivity index (χ4n) is 2.44. The van der Waals surface area contributed by atoms with Crippen molar-refractivity contribution in [2.24, 2.45) is 0 Å². The fourth-order valence-corrected chi connectivity index (χ4v) is 2.44. The van der Waals surface area contributed by atoms with E-state index in [4.69, 9.17) is 0 Å². The standard InChI is InChI=1S/C15H24N2/c1-2-7-14(8-3-1)9-6-11-16-13-15-10-4-5-12-17-15/h1-3,7-8,15-17H,4-6,9-13H2. The molecule has 1 aliphatic rings. The Morgan fingerprint density at radius 1 is 1.18 bits per heavy atom. The van der Waals surface area contributed by atoms with Gasteiger partial charge in [-0.15, -0.1) is 0 Å². The smallest absolute Gasteiger partial charge is 0.0192 e. The van der Waals surface area contributed by atoms with E-state index < -0.39 is 0 Å². The van der Waals surface area contributed by atoms with E-state index in [0.717, 1.165) is 13.1 Å². The molecule has 94 valence electrons. The molecule has 2 heteroatoms. The van der Waals surface area contributed by atoms with E-state index in [1.165, 1.54) is 44.2 Å². The number of benzene rings is 1. The van der Waals surface area contributed by atoms with Crippen LogP contribution in [0.1, 0.15) is 31.2 Å². The van der Waals surface area contributed by atoms with Gasteiger partial charge in [0, 0.05) is 12.6 Å². The number of aryl methyl sites for hydroxylation is 1. The quantitative estimate of drug-likeness (QED) is 0.736. The van der Waals surface area contributed by atoms with Crippen molar-refractivity contribution in [1.29, 1.82) is 0 Å². The lowest BCUT2D eigenvalue weighted by Crippen LogP contribution is -2.41. The van der Waals surface area contributed by atoms with Gasteiger partial charge in [0.15, 0.2) is 0 Å². The van der Waals surface area contributed by atoms with Crippen LogP contribution in [0.3, 0.4) is 0 Å². The third-order valence-corrected chi connectivity index (χ3v) is 3.46.